The minimum absolute atomic E-state index is 0.409. The molecule has 2 heterocycles. The van der Waals surface area contributed by atoms with Crippen LogP contribution in [0.2, 0.25) is 0 Å². The van der Waals surface area contributed by atoms with E-state index >= 15 is 0 Å². The fourth-order valence-corrected chi connectivity index (χ4v) is 4.31. The van der Waals surface area contributed by atoms with E-state index in [1.54, 1.807) is 11.3 Å². The van der Waals surface area contributed by atoms with Crippen LogP contribution in [0.3, 0.4) is 0 Å². The van der Waals surface area contributed by atoms with Gasteiger partial charge in [0, 0.05) is 16.3 Å². The highest BCUT2D eigenvalue weighted by Crippen LogP contribution is 2.39. The topological polar surface area (TPSA) is 24.9 Å². The molecule has 1 N–H and O–H groups in total. The Morgan fingerprint density at radius 3 is 3.11 bits per heavy atom. The molecule has 94 valence electrons. The molecule has 1 aliphatic rings. The maximum Gasteiger partial charge on any atom is 0.0813 e. The minimum Gasteiger partial charge on any atom is -0.377 e. The van der Waals surface area contributed by atoms with Crippen LogP contribution in [0.25, 0.3) is 10.2 Å². The number of aromatic nitrogens is 1. The molecule has 0 bridgehead atoms. The first-order chi connectivity index (χ1) is 9.40. The quantitative estimate of drug-likeness (QED) is 0.747. The Bertz CT molecular complexity index is 736. The molecular weight excluding hydrogens is 272 g/mol. The monoisotopic (exact) mass is 284 g/mol. The van der Waals surface area contributed by atoms with E-state index < -0.39 is 0 Å². The van der Waals surface area contributed by atoms with Gasteiger partial charge < -0.3 is 5.32 Å². The molecule has 1 atom stereocenters. The summed E-state index contributed by atoms with van der Waals surface area (Å²) in [5.74, 6) is 1.10. The predicted molar refractivity (Wildman–Crippen MR) is 83.1 cm³/mol. The zero-order valence-electron chi connectivity index (χ0n) is 10.2. The molecule has 19 heavy (non-hydrogen) atoms. The van der Waals surface area contributed by atoms with Gasteiger partial charge in [-0.25, -0.2) is 4.98 Å². The summed E-state index contributed by atoms with van der Waals surface area (Å²) in [5.41, 5.74) is 5.57. The number of nitrogens with one attached hydrogen (secondary N) is 1. The first-order valence-electron chi connectivity index (χ1n) is 6.22. The maximum absolute atomic E-state index is 4.31. The Kier molecular flexibility index (Phi) is 2.71. The van der Waals surface area contributed by atoms with Crippen molar-refractivity contribution < 1.29 is 0 Å². The van der Waals surface area contributed by atoms with E-state index in [2.05, 4.69) is 52.8 Å². The van der Waals surface area contributed by atoms with Crippen LogP contribution in [-0.2, 0) is 0 Å². The summed E-state index contributed by atoms with van der Waals surface area (Å²) in [7, 11) is 0. The summed E-state index contributed by atoms with van der Waals surface area (Å²) in [4.78, 5) is 5.72. The first kappa shape index (κ1) is 11.3. The maximum atomic E-state index is 4.31. The van der Waals surface area contributed by atoms with Crippen LogP contribution in [0.5, 0.6) is 0 Å². The smallest absolute Gasteiger partial charge is 0.0813 e. The average Bonchev–Trinajstić information content (AvgIpc) is 3.06. The van der Waals surface area contributed by atoms with Gasteiger partial charge in [-0.05, 0) is 29.8 Å². The number of hydrogen-bond donors (Lipinski definition) is 1. The lowest BCUT2D eigenvalue weighted by molar-refractivity contribution is 0.901. The molecule has 0 amide bonds. The van der Waals surface area contributed by atoms with Crippen LogP contribution < -0.4 is 5.32 Å². The number of fused-ring (bicyclic) bond motifs is 2. The normalized spacial score (nSPS) is 17.6. The molecule has 3 aromatic rings. The third-order valence-electron chi connectivity index (χ3n) is 3.37. The van der Waals surface area contributed by atoms with Crippen LogP contribution >= 0.6 is 23.1 Å². The van der Waals surface area contributed by atoms with Gasteiger partial charge in [-0.1, -0.05) is 18.2 Å². The molecule has 1 aromatic heterocycles. The number of anilines is 1. The Morgan fingerprint density at radius 2 is 2.11 bits per heavy atom. The summed E-state index contributed by atoms with van der Waals surface area (Å²) >= 11 is 3.62. The van der Waals surface area contributed by atoms with Crippen LogP contribution in [0.1, 0.15) is 11.6 Å². The summed E-state index contributed by atoms with van der Waals surface area (Å²) < 4.78 is 1.24. The highest BCUT2D eigenvalue weighted by Gasteiger charge is 2.22. The van der Waals surface area contributed by atoms with Gasteiger partial charge in [0.25, 0.3) is 0 Å². The van der Waals surface area contributed by atoms with E-state index in [-0.39, 0.29) is 0 Å². The van der Waals surface area contributed by atoms with E-state index in [1.165, 1.54) is 20.8 Å². The highest BCUT2D eigenvalue weighted by atomic mass is 32.2. The zero-order valence-corrected chi connectivity index (χ0v) is 11.8. The second kappa shape index (κ2) is 4.54. The van der Waals surface area contributed by atoms with E-state index in [4.69, 9.17) is 0 Å². The molecule has 0 aliphatic carbocycles. The third kappa shape index (κ3) is 2.01. The SMILES string of the molecule is c1ccc2c(c1)SCC2Nc1ccc2ncsc2c1. The molecule has 2 aromatic carbocycles. The van der Waals surface area contributed by atoms with Crippen molar-refractivity contribution in [2.24, 2.45) is 0 Å². The van der Waals surface area contributed by atoms with Gasteiger partial charge in [-0.3, -0.25) is 0 Å². The fourth-order valence-electron chi connectivity index (χ4n) is 2.43. The Hall–Kier alpha value is -1.52. The van der Waals surface area contributed by atoms with Crippen LogP contribution in [0.4, 0.5) is 5.69 Å². The lowest BCUT2D eigenvalue weighted by atomic mass is 10.1. The molecule has 4 rings (SSSR count). The van der Waals surface area contributed by atoms with Crippen molar-refractivity contribution in [1.82, 2.24) is 4.98 Å². The lowest BCUT2D eigenvalue weighted by Gasteiger charge is -2.14. The van der Waals surface area contributed by atoms with Gasteiger partial charge in [0.15, 0.2) is 0 Å². The number of benzene rings is 2. The van der Waals surface area contributed by atoms with Gasteiger partial charge in [0.1, 0.15) is 0 Å². The van der Waals surface area contributed by atoms with E-state index in [9.17, 15) is 0 Å². The Morgan fingerprint density at radius 1 is 1.16 bits per heavy atom. The summed E-state index contributed by atoms with van der Waals surface area (Å²) in [6.45, 7) is 0. The number of hydrogen-bond acceptors (Lipinski definition) is 4. The number of thiazole rings is 1. The second-order valence-corrected chi connectivity index (χ2v) is 6.53. The Balaban J connectivity index is 1.65. The van der Waals surface area contributed by atoms with Crippen LogP contribution in [-0.4, -0.2) is 10.7 Å². The molecule has 0 saturated heterocycles. The van der Waals surface area contributed by atoms with Crippen molar-refractivity contribution in [3.8, 4) is 0 Å². The van der Waals surface area contributed by atoms with Crippen LogP contribution in [0.15, 0.2) is 52.9 Å². The number of nitrogens with zero attached hydrogens (tertiary/aromatic N) is 1. The molecule has 0 fully saturated rings. The predicted octanol–water partition coefficient (Wildman–Crippen LogP) is 4.56. The molecular formula is C15H12N2S2. The van der Waals surface area contributed by atoms with Gasteiger partial charge in [0.2, 0.25) is 0 Å². The van der Waals surface area contributed by atoms with E-state index in [0.717, 1.165) is 11.3 Å². The van der Waals surface area contributed by atoms with Crippen molar-refractivity contribution in [2.45, 2.75) is 10.9 Å². The number of thioether (sulfide) groups is 1. The molecule has 1 unspecified atom stereocenters. The Labute approximate surface area is 119 Å². The molecule has 4 heteroatoms. The van der Waals surface area contributed by atoms with Crippen molar-refractivity contribution in [3.05, 3.63) is 53.5 Å². The average molecular weight is 284 g/mol. The molecule has 0 radical (unpaired) electrons. The van der Waals surface area contributed by atoms with Gasteiger partial charge in [-0.2, -0.15) is 0 Å². The fraction of sp³-hybridized carbons (Fsp3) is 0.133. The van der Waals surface area contributed by atoms with Crippen molar-refractivity contribution >= 4 is 39.0 Å². The lowest BCUT2D eigenvalue weighted by Crippen LogP contribution is -2.09. The van der Waals surface area contributed by atoms with Gasteiger partial charge in [0.05, 0.1) is 21.8 Å². The summed E-state index contributed by atoms with van der Waals surface area (Å²) in [6, 6.07) is 15.5. The second-order valence-electron chi connectivity index (χ2n) is 4.58. The standard InChI is InChI=1S/C15H12N2S2/c1-2-4-14-11(3-1)13(8-18-14)17-10-5-6-12-15(7-10)19-9-16-12/h1-7,9,13,17H,8H2. The third-order valence-corrected chi connectivity index (χ3v) is 5.35. The molecule has 0 spiro atoms. The first-order valence-corrected chi connectivity index (χ1v) is 8.08. The van der Waals surface area contributed by atoms with Crippen molar-refractivity contribution in [1.29, 1.82) is 0 Å². The number of rotatable bonds is 2. The van der Waals surface area contributed by atoms with Gasteiger partial charge >= 0.3 is 0 Å². The van der Waals surface area contributed by atoms with E-state index in [0.29, 0.717) is 6.04 Å². The largest absolute Gasteiger partial charge is 0.377 e. The highest BCUT2D eigenvalue weighted by molar-refractivity contribution is 7.99. The van der Waals surface area contributed by atoms with Crippen molar-refractivity contribution in [2.75, 3.05) is 11.1 Å². The molecule has 2 nitrogen and oxygen atoms in total. The summed E-state index contributed by atoms with van der Waals surface area (Å²) in [6.07, 6.45) is 0. The van der Waals surface area contributed by atoms with E-state index in [1.807, 2.05) is 17.3 Å². The molecule has 0 saturated carbocycles. The summed E-state index contributed by atoms with van der Waals surface area (Å²) in [5, 5.41) is 3.64. The van der Waals surface area contributed by atoms with Crippen molar-refractivity contribution in [3.63, 3.8) is 0 Å². The van der Waals surface area contributed by atoms with Gasteiger partial charge in [-0.15, -0.1) is 23.1 Å². The zero-order chi connectivity index (χ0) is 12.7. The molecule has 1 aliphatic heterocycles. The minimum atomic E-state index is 0.409. The van der Waals surface area contributed by atoms with Crippen LogP contribution in [0, 0.1) is 0 Å².